The van der Waals surface area contributed by atoms with Crippen LogP contribution < -0.4 is 11.1 Å². The molecule has 0 saturated heterocycles. The lowest BCUT2D eigenvalue weighted by Gasteiger charge is -2.11. The van der Waals surface area contributed by atoms with Crippen molar-refractivity contribution in [3.63, 3.8) is 0 Å². The third-order valence-electron chi connectivity index (χ3n) is 3.03. The van der Waals surface area contributed by atoms with E-state index in [9.17, 15) is 14.9 Å². The van der Waals surface area contributed by atoms with Crippen LogP contribution >= 0.6 is 15.9 Å². The highest BCUT2D eigenvalue weighted by atomic mass is 79.9. The number of halogens is 1. The number of carbonyl (C=O) groups excluding carboxylic acids is 1. The van der Waals surface area contributed by atoms with Gasteiger partial charge in [0, 0.05) is 11.5 Å². The number of nitro benzene ring substituents is 1. The molecule has 0 atom stereocenters. The van der Waals surface area contributed by atoms with Crippen molar-refractivity contribution in [1.29, 1.82) is 0 Å². The monoisotopic (exact) mass is 349 g/mol. The summed E-state index contributed by atoms with van der Waals surface area (Å²) >= 11 is 3.30. The van der Waals surface area contributed by atoms with Crippen LogP contribution in [0.2, 0.25) is 0 Å². The zero-order valence-corrected chi connectivity index (χ0v) is 12.7. The van der Waals surface area contributed by atoms with E-state index in [0.29, 0.717) is 11.3 Å². The minimum absolute atomic E-state index is 0.114. The average molecular weight is 350 g/mol. The first-order chi connectivity index (χ1) is 9.95. The Morgan fingerprint density at radius 2 is 1.86 bits per heavy atom. The molecule has 0 aliphatic heterocycles. The van der Waals surface area contributed by atoms with Crippen molar-refractivity contribution in [3.05, 3.63) is 56.5 Å². The van der Waals surface area contributed by atoms with E-state index in [1.165, 1.54) is 12.1 Å². The molecule has 21 heavy (non-hydrogen) atoms. The second-order valence-electron chi connectivity index (χ2n) is 4.26. The molecule has 7 heteroatoms. The number of amides is 1. The minimum atomic E-state index is -0.710. The van der Waals surface area contributed by atoms with E-state index < -0.39 is 10.8 Å². The molecular formula is C14H12BrN3O3. The van der Waals surface area contributed by atoms with Crippen LogP contribution in [0.1, 0.15) is 10.4 Å². The average Bonchev–Trinajstić information content (AvgIpc) is 2.46. The predicted molar refractivity (Wildman–Crippen MR) is 84.3 cm³/mol. The summed E-state index contributed by atoms with van der Waals surface area (Å²) in [6.07, 6.45) is 0. The van der Waals surface area contributed by atoms with E-state index >= 15 is 0 Å². The van der Waals surface area contributed by atoms with Gasteiger partial charge in [0.15, 0.2) is 0 Å². The standard InChI is InChI=1S/C14H12BrN3O3/c1-17-11-7-6-10(14(16)19)12(13(11)18(20)21)8-2-4-9(15)5-3-8/h2-7,17H,1H3,(H2,16,19). The van der Waals surface area contributed by atoms with Gasteiger partial charge in [-0.2, -0.15) is 0 Å². The zero-order chi connectivity index (χ0) is 15.6. The Bertz CT molecular complexity index is 714. The van der Waals surface area contributed by atoms with E-state index in [1.807, 2.05) is 0 Å². The Morgan fingerprint density at radius 1 is 1.24 bits per heavy atom. The molecular weight excluding hydrogens is 338 g/mol. The van der Waals surface area contributed by atoms with E-state index in [-0.39, 0.29) is 16.8 Å². The Hall–Kier alpha value is -2.41. The SMILES string of the molecule is CNc1ccc(C(N)=O)c(-c2ccc(Br)cc2)c1[N+](=O)[O-]. The molecule has 0 radical (unpaired) electrons. The molecule has 0 heterocycles. The van der Waals surface area contributed by atoms with Crippen LogP contribution in [0, 0.1) is 10.1 Å². The molecule has 1 amide bonds. The van der Waals surface area contributed by atoms with Gasteiger partial charge in [0.05, 0.1) is 16.1 Å². The summed E-state index contributed by atoms with van der Waals surface area (Å²) in [7, 11) is 1.58. The lowest BCUT2D eigenvalue weighted by Crippen LogP contribution is -2.14. The quantitative estimate of drug-likeness (QED) is 0.654. The van der Waals surface area contributed by atoms with Gasteiger partial charge >= 0.3 is 5.69 Å². The first-order valence-electron chi connectivity index (χ1n) is 6.00. The molecule has 3 N–H and O–H groups in total. The Balaban J connectivity index is 2.84. The topological polar surface area (TPSA) is 98.3 Å². The van der Waals surface area contributed by atoms with Gasteiger partial charge in [-0.15, -0.1) is 0 Å². The van der Waals surface area contributed by atoms with Crippen molar-refractivity contribution in [2.24, 2.45) is 5.73 Å². The highest BCUT2D eigenvalue weighted by Gasteiger charge is 2.26. The first kappa shape index (κ1) is 15.0. The number of nitrogens with one attached hydrogen (secondary N) is 1. The maximum Gasteiger partial charge on any atom is 0.300 e. The Kier molecular flexibility index (Phi) is 4.23. The number of benzene rings is 2. The van der Waals surface area contributed by atoms with E-state index in [4.69, 9.17) is 5.73 Å². The number of carbonyl (C=O) groups is 1. The number of primary amides is 1. The van der Waals surface area contributed by atoms with Gasteiger partial charge < -0.3 is 11.1 Å². The fourth-order valence-electron chi connectivity index (χ4n) is 2.10. The van der Waals surface area contributed by atoms with Crippen molar-refractivity contribution in [1.82, 2.24) is 0 Å². The number of hydrogen-bond donors (Lipinski definition) is 2. The fraction of sp³-hybridized carbons (Fsp3) is 0.0714. The van der Waals surface area contributed by atoms with Crippen LogP contribution in [0.3, 0.4) is 0 Å². The smallest absolute Gasteiger partial charge is 0.300 e. The zero-order valence-electron chi connectivity index (χ0n) is 11.1. The van der Waals surface area contributed by atoms with Crippen molar-refractivity contribution < 1.29 is 9.72 Å². The second kappa shape index (κ2) is 5.92. The third kappa shape index (κ3) is 2.87. The number of anilines is 1. The number of nitro groups is 1. The molecule has 2 aromatic rings. The summed E-state index contributed by atoms with van der Waals surface area (Å²) in [6, 6.07) is 9.83. The van der Waals surface area contributed by atoms with Gasteiger partial charge in [-0.05, 0) is 29.8 Å². The molecule has 108 valence electrons. The molecule has 0 bridgehead atoms. The van der Waals surface area contributed by atoms with Crippen molar-refractivity contribution in [3.8, 4) is 11.1 Å². The maximum atomic E-state index is 11.6. The highest BCUT2D eigenvalue weighted by molar-refractivity contribution is 9.10. The normalized spacial score (nSPS) is 10.2. The number of nitrogens with zero attached hydrogens (tertiary/aromatic N) is 1. The van der Waals surface area contributed by atoms with Gasteiger partial charge in [-0.3, -0.25) is 14.9 Å². The van der Waals surface area contributed by atoms with Gasteiger partial charge in [-0.1, -0.05) is 28.1 Å². The molecule has 0 spiro atoms. The van der Waals surface area contributed by atoms with Crippen LogP contribution in [-0.2, 0) is 0 Å². The summed E-state index contributed by atoms with van der Waals surface area (Å²) < 4.78 is 0.833. The molecule has 0 fully saturated rings. The lowest BCUT2D eigenvalue weighted by molar-refractivity contribution is -0.383. The van der Waals surface area contributed by atoms with Crippen molar-refractivity contribution in [2.45, 2.75) is 0 Å². The molecule has 2 rings (SSSR count). The molecule has 6 nitrogen and oxygen atoms in total. The van der Waals surface area contributed by atoms with E-state index in [1.54, 1.807) is 31.3 Å². The largest absolute Gasteiger partial charge is 0.383 e. The molecule has 0 aromatic heterocycles. The molecule has 2 aromatic carbocycles. The Morgan fingerprint density at radius 3 is 2.33 bits per heavy atom. The highest BCUT2D eigenvalue weighted by Crippen LogP contribution is 2.39. The van der Waals surface area contributed by atoms with Gasteiger partial charge in [0.25, 0.3) is 0 Å². The summed E-state index contributed by atoms with van der Waals surface area (Å²) in [5, 5.41) is 14.2. The van der Waals surface area contributed by atoms with Crippen molar-refractivity contribution in [2.75, 3.05) is 12.4 Å². The fourth-order valence-corrected chi connectivity index (χ4v) is 2.36. The van der Waals surface area contributed by atoms with E-state index in [2.05, 4.69) is 21.2 Å². The van der Waals surface area contributed by atoms with Crippen LogP contribution in [0.4, 0.5) is 11.4 Å². The summed E-state index contributed by atoms with van der Waals surface area (Å²) in [4.78, 5) is 22.5. The number of rotatable bonds is 4. The second-order valence-corrected chi connectivity index (χ2v) is 5.18. The molecule has 0 aliphatic carbocycles. The Labute approximate surface area is 129 Å². The molecule has 0 saturated carbocycles. The summed E-state index contributed by atoms with van der Waals surface area (Å²) in [5.74, 6) is -0.710. The first-order valence-corrected chi connectivity index (χ1v) is 6.80. The van der Waals surface area contributed by atoms with Gasteiger partial charge in [0.2, 0.25) is 5.91 Å². The van der Waals surface area contributed by atoms with Crippen LogP contribution in [0.15, 0.2) is 40.9 Å². The maximum absolute atomic E-state index is 11.6. The molecule has 0 aliphatic rings. The number of hydrogen-bond acceptors (Lipinski definition) is 4. The number of nitrogens with two attached hydrogens (primary N) is 1. The van der Waals surface area contributed by atoms with Crippen LogP contribution in [0.5, 0.6) is 0 Å². The van der Waals surface area contributed by atoms with Crippen molar-refractivity contribution >= 4 is 33.2 Å². The lowest BCUT2D eigenvalue weighted by atomic mass is 9.96. The minimum Gasteiger partial charge on any atom is -0.383 e. The summed E-state index contributed by atoms with van der Waals surface area (Å²) in [6.45, 7) is 0. The van der Waals surface area contributed by atoms with Crippen LogP contribution in [0.25, 0.3) is 11.1 Å². The van der Waals surface area contributed by atoms with Crippen LogP contribution in [-0.4, -0.2) is 17.9 Å². The predicted octanol–water partition coefficient (Wildman–Crippen LogP) is 3.16. The van der Waals surface area contributed by atoms with E-state index in [0.717, 1.165) is 4.47 Å². The van der Waals surface area contributed by atoms with Gasteiger partial charge in [0.1, 0.15) is 5.69 Å². The molecule has 0 unspecified atom stereocenters. The summed E-state index contributed by atoms with van der Waals surface area (Å²) in [5.41, 5.74) is 6.38. The van der Waals surface area contributed by atoms with Gasteiger partial charge in [-0.25, -0.2) is 0 Å². The third-order valence-corrected chi connectivity index (χ3v) is 3.56.